The summed E-state index contributed by atoms with van der Waals surface area (Å²) in [6.45, 7) is 10.9. The number of aryl methyl sites for hydroxylation is 2. The molecule has 1 heteroatoms. The van der Waals surface area contributed by atoms with Crippen LogP contribution in [-0.4, -0.2) is 0 Å². The van der Waals surface area contributed by atoms with Crippen molar-refractivity contribution in [2.75, 3.05) is 0 Å². The Morgan fingerprint density at radius 2 is 1.21 bits per heavy atom. The van der Waals surface area contributed by atoms with Crippen molar-refractivity contribution in [1.82, 2.24) is 0 Å². The van der Waals surface area contributed by atoms with Crippen molar-refractivity contribution >= 4 is 0 Å². The van der Waals surface area contributed by atoms with Crippen molar-refractivity contribution in [3.05, 3.63) is 28.2 Å². The van der Waals surface area contributed by atoms with E-state index in [9.17, 15) is 0 Å². The average molecular weight is 201 g/mol. The first-order valence-electron chi connectivity index (χ1n) is 5.59. The van der Waals surface area contributed by atoms with Gasteiger partial charge in [-0.05, 0) is 25.8 Å². The summed E-state index contributed by atoms with van der Waals surface area (Å²) >= 11 is 0. The summed E-state index contributed by atoms with van der Waals surface area (Å²) in [7, 11) is 0. The van der Waals surface area contributed by atoms with E-state index < -0.39 is 0 Å². The van der Waals surface area contributed by atoms with Gasteiger partial charge in [0.1, 0.15) is 0 Å². The van der Waals surface area contributed by atoms with Crippen LogP contribution in [0, 0.1) is 13.8 Å². The van der Waals surface area contributed by atoms with Gasteiger partial charge in [0.25, 0.3) is 0 Å². The maximum atomic E-state index is 5.88. The predicted octanol–water partition coefficient (Wildman–Crippen LogP) is 3.86. The first-order valence-corrected chi connectivity index (χ1v) is 5.59. The average Bonchev–Trinajstić information content (AvgIpc) is 2.19. The largest absolute Gasteiger partial charge is 0.332 e. The molecule has 0 spiro atoms. The first kappa shape index (κ1) is 11.2. The smallest absolute Gasteiger partial charge is 0.217 e. The quantitative estimate of drug-likeness (QED) is 0.533. The van der Waals surface area contributed by atoms with Crippen LogP contribution in [0.25, 0.3) is 0 Å². The summed E-state index contributed by atoms with van der Waals surface area (Å²) in [4.78, 5) is 0. The zero-order chi connectivity index (χ0) is 10.7. The summed E-state index contributed by atoms with van der Waals surface area (Å²) in [5.74, 6) is 2.31. The third-order valence-electron chi connectivity index (χ3n) is 2.98. The Morgan fingerprint density at radius 3 is 1.50 bits per heavy atom. The second-order valence-corrected chi connectivity index (χ2v) is 3.74. The molecule has 1 aromatic rings. The van der Waals surface area contributed by atoms with Crippen LogP contribution in [0.15, 0.2) is 4.42 Å². The van der Waals surface area contributed by atoms with Gasteiger partial charge in [0.15, 0.2) is 0 Å². The highest BCUT2D eigenvalue weighted by molar-refractivity contribution is 5.36. The van der Waals surface area contributed by atoms with Crippen molar-refractivity contribution in [1.29, 1.82) is 0 Å². The van der Waals surface area contributed by atoms with Gasteiger partial charge in [-0.1, -0.05) is 20.8 Å². The number of hydrogen-bond donors (Lipinski definition) is 0. The molecule has 0 unspecified atom stereocenters. The van der Waals surface area contributed by atoms with E-state index in [0.29, 0.717) is 0 Å². The van der Waals surface area contributed by atoms with Crippen molar-refractivity contribution in [2.45, 2.75) is 53.9 Å². The normalized spacial score (nSPS) is 10.6. The molecule has 0 aliphatic heterocycles. The number of rotatable bonds is 3. The minimum absolute atomic E-state index is 0.992. The molecule has 1 aromatic heterocycles. The van der Waals surface area contributed by atoms with E-state index in [-0.39, 0.29) is 0 Å². The predicted molar refractivity (Wildman–Crippen MR) is 60.7 cm³/mol. The number of hydrogen-bond acceptors (Lipinski definition) is 0. The van der Waals surface area contributed by atoms with Crippen LogP contribution in [0.4, 0.5) is 0 Å². The molecule has 0 aliphatic carbocycles. The zero-order valence-corrected chi connectivity index (χ0v) is 10.0. The molecule has 0 N–H and O–H groups in total. The van der Waals surface area contributed by atoms with Crippen molar-refractivity contribution in [3.8, 4) is 0 Å². The lowest BCUT2D eigenvalue weighted by molar-refractivity contribution is 0.444. The maximum absolute atomic E-state index is 5.88. The van der Waals surface area contributed by atoms with Gasteiger partial charge < -0.3 is 0 Å². The Balaban J connectivity index is 3.39. The molecule has 0 fully saturated rings. The van der Waals surface area contributed by atoms with Crippen LogP contribution in [0.5, 0.6) is 0 Å². The summed E-state index contributed by atoms with van der Waals surface area (Å²) in [5.41, 5.74) is 4.18. The van der Waals surface area contributed by atoms with Crippen molar-refractivity contribution in [3.63, 3.8) is 0 Å². The second kappa shape index (κ2) is 4.59. The Hall–Kier alpha value is -0.850. The van der Waals surface area contributed by atoms with Gasteiger partial charge in [0.05, 0.1) is 24.0 Å². The Kier molecular flexibility index (Phi) is 3.68. The van der Waals surface area contributed by atoms with Crippen LogP contribution in [0.1, 0.15) is 49.0 Å². The summed E-state index contributed by atoms with van der Waals surface area (Å²) in [5, 5.41) is 0. The third-order valence-corrected chi connectivity index (χ3v) is 2.98. The molecule has 0 saturated heterocycles. The first-order chi connectivity index (χ1) is 6.65. The van der Waals surface area contributed by atoms with E-state index in [4.69, 9.17) is 4.42 Å². The standard InChI is InChI=1S/C13H21O/c1-6-11-9(4)12(7-2)14-13(8-3)10(11)5/h6-8H2,1-5H3/q+1/i1+1,4+1,5+1,6+1,9+1,10+1,12+1,13+1. The van der Waals surface area contributed by atoms with Crippen molar-refractivity contribution < 1.29 is 4.42 Å². The van der Waals surface area contributed by atoms with Gasteiger partial charge in [-0.3, -0.25) is 0 Å². The van der Waals surface area contributed by atoms with Crippen LogP contribution < -0.4 is 0 Å². The molecule has 1 nitrogen and oxygen atoms in total. The van der Waals surface area contributed by atoms with Crippen LogP contribution in [-0.2, 0) is 19.3 Å². The van der Waals surface area contributed by atoms with Gasteiger partial charge in [0.2, 0.25) is 0 Å². The fraction of sp³-hybridized carbons (Fsp3) is 0.615. The van der Waals surface area contributed by atoms with Crippen LogP contribution in [0.3, 0.4) is 0 Å². The molecule has 1 rings (SSSR count). The highest BCUT2D eigenvalue weighted by Gasteiger charge is 2.21. The van der Waals surface area contributed by atoms with Gasteiger partial charge >= 0.3 is 11.5 Å². The Morgan fingerprint density at radius 1 is 0.786 bits per heavy atom. The molecule has 0 aromatic carbocycles. The topological polar surface area (TPSA) is 11.3 Å². The lowest BCUT2D eigenvalue weighted by Gasteiger charge is -2.05. The molecule has 0 atom stereocenters. The summed E-state index contributed by atoms with van der Waals surface area (Å²) in [6.07, 6.45) is 3.09. The molecule has 14 heavy (non-hydrogen) atoms. The molecule has 78 valence electrons. The van der Waals surface area contributed by atoms with Gasteiger partial charge in [-0.2, -0.15) is 0 Å². The van der Waals surface area contributed by atoms with Crippen LogP contribution in [0.2, 0.25) is 0 Å². The third kappa shape index (κ3) is 1.82. The lowest BCUT2D eigenvalue weighted by Crippen LogP contribution is -2.01. The molecule has 0 bridgehead atoms. The molecule has 0 amide bonds. The van der Waals surface area contributed by atoms with E-state index in [2.05, 4.69) is 34.6 Å². The minimum Gasteiger partial charge on any atom is -0.217 e. The fourth-order valence-electron chi connectivity index (χ4n) is 2.12. The van der Waals surface area contributed by atoms with E-state index in [0.717, 1.165) is 30.8 Å². The Labute approximate surface area is 87.2 Å². The molecule has 0 radical (unpaired) electrons. The molecular weight excluding hydrogens is 180 g/mol. The molecule has 0 aliphatic rings. The fourth-order valence-corrected chi connectivity index (χ4v) is 2.12. The van der Waals surface area contributed by atoms with Gasteiger partial charge in [-0.25, -0.2) is 4.42 Å². The molecular formula is C13H21O+. The van der Waals surface area contributed by atoms with Gasteiger partial charge in [-0.15, -0.1) is 0 Å². The second-order valence-electron chi connectivity index (χ2n) is 3.74. The van der Waals surface area contributed by atoms with E-state index in [1.807, 2.05) is 0 Å². The van der Waals surface area contributed by atoms with Crippen molar-refractivity contribution in [2.24, 2.45) is 0 Å². The van der Waals surface area contributed by atoms with E-state index in [1.54, 1.807) is 0 Å². The summed E-state index contributed by atoms with van der Waals surface area (Å²) < 4.78 is 5.88. The highest BCUT2D eigenvalue weighted by atomic mass is 16.4. The monoisotopic (exact) mass is 201 g/mol. The molecule has 1 heterocycles. The zero-order valence-electron chi connectivity index (χ0n) is 10.0. The lowest BCUT2D eigenvalue weighted by atomic mass is 10.5. The Bertz CT molecular complexity index is 298. The highest BCUT2D eigenvalue weighted by Crippen LogP contribution is 2.23. The maximum Gasteiger partial charge on any atom is 0.332 e. The summed E-state index contributed by atoms with van der Waals surface area (Å²) in [6, 6.07) is 0. The SMILES string of the molecule is CC[13c]1[o+][13c](CC)[13c]([13CH3])c([13CH2][13CH3])[13c]1[13CH3]. The van der Waals surface area contributed by atoms with Gasteiger partial charge in [0, 0.05) is 0 Å². The molecule has 0 saturated carbocycles. The van der Waals surface area contributed by atoms with E-state index >= 15 is 0 Å². The minimum atomic E-state index is 0.992. The van der Waals surface area contributed by atoms with Crippen LogP contribution >= 0.6 is 0 Å². The van der Waals surface area contributed by atoms with E-state index in [1.165, 1.54) is 16.7 Å².